The summed E-state index contributed by atoms with van der Waals surface area (Å²) in [5.74, 6) is 0. The summed E-state index contributed by atoms with van der Waals surface area (Å²) in [4.78, 5) is 4.95. The Hall–Kier alpha value is -8.98. The Bertz CT molecular complexity index is 4010. The van der Waals surface area contributed by atoms with Crippen LogP contribution >= 0.6 is 0 Å². The molecule has 0 aromatic heterocycles. The minimum absolute atomic E-state index is 0.161. The zero-order valence-corrected chi connectivity index (χ0v) is 42.0. The van der Waals surface area contributed by atoms with E-state index in [4.69, 9.17) is 0 Å². The van der Waals surface area contributed by atoms with Gasteiger partial charge in [0, 0.05) is 22.2 Å². The number of para-hydroxylation sites is 4. The molecule has 0 radical (unpaired) electrons. The smallest absolute Gasteiger partial charge is 0.0534 e. The van der Waals surface area contributed by atoms with Crippen molar-refractivity contribution >= 4 is 80.0 Å². The summed E-state index contributed by atoms with van der Waals surface area (Å²) in [6, 6.07) is 82.4. The van der Waals surface area contributed by atoms with E-state index in [1.54, 1.807) is 0 Å². The minimum Gasteiger partial charge on any atom is -0.309 e. The normalized spacial score (nSPS) is 14.8. The molecule has 2 aliphatic carbocycles. The number of hydrogen-bond donors (Lipinski definition) is 0. The molecule has 2 nitrogen and oxygen atoms in total. The fourth-order valence-corrected chi connectivity index (χ4v) is 13.3. The molecule has 11 aromatic carbocycles. The predicted molar refractivity (Wildman–Crippen MR) is 315 cm³/mol. The van der Waals surface area contributed by atoms with Crippen LogP contribution in [-0.2, 0) is 10.8 Å². The zero-order valence-electron chi connectivity index (χ0n) is 42.0. The molecule has 0 spiro atoms. The highest BCUT2D eigenvalue weighted by Gasteiger charge is 2.37. The second kappa shape index (κ2) is 15.8. The number of benzene rings is 11. The van der Waals surface area contributed by atoms with Gasteiger partial charge in [-0.05, 0) is 171 Å². The van der Waals surface area contributed by atoms with Gasteiger partial charge in [0.25, 0.3) is 0 Å². The standard InChI is InChI=1S/C72H52N2/c1-71(2)61-23-11-9-21-53(61)55-37-33-49(41-63(55)71)69-57-39-35-51(73-65-25-13-5-17-45(65)29-30-46-18-6-14-26-66(46)73)43-59(57)70(50-34-38-56-54-22-10-12-24-62(54)72(3,4)64(56)42-50)60-44-52(36-40-58(60)69)74-67-27-15-7-19-47(67)31-32-48-20-8-16-28-68(48)74/h5-44H,1-4H3. The van der Waals surface area contributed by atoms with Crippen molar-refractivity contribution < 1.29 is 0 Å². The Morgan fingerprint density at radius 1 is 0.270 bits per heavy atom. The maximum atomic E-state index is 2.53. The van der Waals surface area contributed by atoms with E-state index in [1.807, 2.05) is 0 Å². The number of nitrogens with zero attached hydrogens (tertiary/aromatic N) is 2. The fourth-order valence-electron chi connectivity index (χ4n) is 13.3. The molecule has 0 N–H and O–H groups in total. The molecule has 0 amide bonds. The summed E-state index contributed by atoms with van der Waals surface area (Å²) in [6.45, 7) is 9.58. The summed E-state index contributed by atoms with van der Waals surface area (Å²) in [6.07, 6.45) is 9.06. The van der Waals surface area contributed by atoms with Crippen molar-refractivity contribution in [1.29, 1.82) is 0 Å². The number of anilines is 6. The molecule has 0 fully saturated rings. The average Bonchev–Trinajstić information content (AvgIpc) is 3.67. The van der Waals surface area contributed by atoms with Crippen molar-refractivity contribution in [2.24, 2.45) is 0 Å². The first-order chi connectivity index (χ1) is 36.2. The third-order valence-corrected chi connectivity index (χ3v) is 16.9. The SMILES string of the molecule is CC1(C)c2ccccc2-c2ccc(-c3c4ccc(N5c6ccccc6C=Cc6ccccc65)cc4c(-c4ccc5c(c4)C(C)(C)c4ccccc4-5)c4cc(N5c6ccccc6C=Cc6ccccc65)ccc34)cc21. The van der Waals surface area contributed by atoms with E-state index >= 15 is 0 Å². The number of fused-ring (bicyclic) bond motifs is 12. The summed E-state index contributed by atoms with van der Waals surface area (Å²) in [7, 11) is 0. The molecule has 2 heteroatoms. The fraction of sp³-hybridized carbons (Fsp3) is 0.0833. The molecule has 15 rings (SSSR count). The minimum atomic E-state index is -0.183. The summed E-state index contributed by atoms with van der Waals surface area (Å²) in [5, 5.41) is 4.88. The largest absolute Gasteiger partial charge is 0.309 e. The molecule has 11 aromatic rings. The van der Waals surface area contributed by atoms with Crippen LogP contribution in [-0.4, -0.2) is 0 Å². The molecule has 0 bridgehead atoms. The van der Waals surface area contributed by atoms with Gasteiger partial charge in [-0.2, -0.15) is 0 Å². The van der Waals surface area contributed by atoms with Crippen molar-refractivity contribution in [3.63, 3.8) is 0 Å². The molecule has 4 aliphatic rings. The van der Waals surface area contributed by atoms with Gasteiger partial charge in [-0.3, -0.25) is 0 Å². The van der Waals surface area contributed by atoms with Gasteiger partial charge in [-0.1, -0.05) is 210 Å². The summed E-state index contributed by atoms with van der Waals surface area (Å²) < 4.78 is 0. The average molecular weight is 945 g/mol. The first kappa shape index (κ1) is 42.7. The maximum Gasteiger partial charge on any atom is 0.0534 e. The van der Waals surface area contributed by atoms with Crippen LogP contribution in [0.15, 0.2) is 218 Å². The topological polar surface area (TPSA) is 6.48 Å². The van der Waals surface area contributed by atoms with Gasteiger partial charge < -0.3 is 9.80 Å². The van der Waals surface area contributed by atoms with E-state index in [-0.39, 0.29) is 10.8 Å². The second-order valence-electron chi connectivity index (χ2n) is 21.6. The van der Waals surface area contributed by atoms with Crippen molar-refractivity contribution in [1.82, 2.24) is 0 Å². The van der Waals surface area contributed by atoms with Crippen molar-refractivity contribution in [2.45, 2.75) is 38.5 Å². The lowest BCUT2D eigenvalue weighted by Gasteiger charge is -2.29. The summed E-state index contributed by atoms with van der Waals surface area (Å²) in [5.41, 5.74) is 26.9. The highest BCUT2D eigenvalue weighted by Crippen LogP contribution is 2.55. The van der Waals surface area contributed by atoms with Gasteiger partial charge in [0.05, 0.1) is 22.7 Å². The molecule has 0 unspecified atom stereocenters. The van der Waals surface area contributed by atoms with E-state index in [0.29, 0.717) is 0 Å². The molecular formula is C72H52N2. The lowest BCUT2D eigenvalue weighted by Crippen LogP contribution is -2.15. The highest BCUT2D eigenvalue weighted by atomic mass is 15.2. The van der Waals surface area contributed by atoms with Crippen molar-refractivity contribution in [3.05, 3.63) is 263 Å². The maximum absolute atomic E-state index is 2.53. The number of rotatable bonds is 4. The molecule has 2 aliphatic heterocycles. The molecule has 350 valence electrons. The van der Waals surface area contributed by atoms with Gasteiger partial charge >= 0.3 is 0 Å². The monoisotopic (exact) mass is 944 g/mol. The van der Waals surface area contributed by atoms with E-state index in [9.17, 15) is 0 Å². The third kappa shape index (κ3) is 6.12. The van der Waals surface area contributed by atoms with Crippen LogP contribution in [0.5, 0.6) is 0 Å². The molecule has 0 atom stereocenters. The summed E-state index contributed by atoms with van der Waals surface area (Å²) >= 11 is 0. The zero-order chi connectivity index (χ0) is 49.5. The van der Waals surface area contributed by atoms with Crippen LogP contribution in [0.2, 0.25) is 0 Å². The Balaban J connectivity index is 1.08. The van der Waals surface area contributed by atoms with Crippen LogP contribution in [0.4, 0.5) is 34.1 Å². The number of hydrogen-bond acceptors (Lipinski definition) is 2. The van der Waals surface area contributed by atoms with Crippen LogP contribution in [0.1, 0.15) is 72.2 Å². The molecule has 0 saturated heterocycles. The van der Waals surface area contributed by atoms with Crippen molar-refractivity contribution in [2.75, 3.05) is 9.80 Å². The molecule has 74 heavy (non-hydrogen) atoms. The van der Waals surface area contributed by atoms with Gasteiger partial charge in [0.15, 0.2) is 0 Å². The van der Waals surface area contributed by atoms with E-state index in [0.717, 1.165) is 34.1 Å². The first-order valence-corrected chi connectivity index (χ1v) is 26.1. The van der Waals surface area contributed by atoms with Crippen LogP contribution in [0.3, 0.4) is 0 Å². The predicted octanol–water partition coefficient (Wildman–Crippen LogP) is 19.8. The lowest BCUT2D eigenvalue weighted by atomic mass is 9.79. The Morgan fingerprint density at radius 2 is 0.595 bits per heavy atom. The van der Waals surface area contributed by atoms with Gasteiger partial charge in [-0.15, -0.1) is 0 Å². The van der Waals surface area contributed by atoms with Gasteiger partial charge in [0.2, 0.25) is 0 Å². The lowest BCUT2D eigenvalue weighted by molar-refractivity contribution is 0.660. The van der Waals surface area contributed by atoms with E-state index < -0.39 is 0 Å². The van der Waals surface area contributed by atoms with Gasteiger partial charge in [0.1, 0.15) is 0 Å². The highest BCUT2D eigenvalue weighted by molar-refractivity contribution is 6.23. The molecule has 2 heterocycles. The quantitative estimate of drug-likeness (QED) is 0.162. The molecular weight excluding hydrogens is 893 g/mol. The van der Waals surface area contributed by atoms with Crippen LogP contribution < -0.4 is 9.80 Å². The van der Waals surface area contributed by atoms with Crippen LogP contribution in [0.25, 0.3) is 90.4 Å². The van der Waals surface area contributed by atoms with Crippen LogP contribution in [0, 0.1) is 0 Å². The Morgan fingerprint density at radius 3 is 0.986 bits per heavy atom. The third-order valence-electron chi connectivity index (χ3n) is 16.9. The molecule has 0 saturated carbocycles. The van der Waals surface area contributed by atoms with E-state index in [2.05, 4.69) is 280 Å². The Labute approximate surface area is 433 Å². The Kier molecular flexibility index (Phi) is 9.09. The van der Waals surface area contributed by atoms with Gasteiger partial charge in [-0.25, -0.2) is 0 Å². The van der Waals surface area contributed by atoms with Crippen molar-refractivity contribution in [3.8, 4) is 44.5 Å². The first-order valence-electron chi connectivity index (χ1n) is 26.1. The second-order valence-corrected chi connectivity index (χ2v) is 21.6. The van der Waals surface area contributed by atoms with E-state index in [1.165, 1.54) is 111 Å².